The van der Waals surface area contributed by atoms with Crippen molar-refractivity contribution in [1.82, 2.24) is 9.13 Å². The molecule has 1 heterocycles. The second-order valence-electron chi connectivity index (χ2n) is 4.75. The number of nitriles is 1. The molecule has 0 aliphatic heterocycles. The minimum absolute atomic E-state index is 0.0303. The Morgan fingerprint density at radius 3 is 2.35 bits per heavy atom. The van der Waals surface area contributed by atoms with E-state index in [0.29, 0.717) is 15.7 Å². The molecule has 0 fully saturated rings. The summed E-state index contributed by atoms with van der Waals surface area (Å²) in [6.45, 7) is 1.57. The molecule has 5 nitrogen and oxygen atoms in total. The molecule has 0 atom stereocenters. The number of aryl methyl sites for hydroxylation is 1. The van der Waals surface area contributed by atoms with Gasteiger partial charge in [-0.3, -0.25) is 9.36 Å². The van der Waals surface area contributed by atoms with Crippen LogP contribution in [-0.4, -0.2) is 9.13 Å². The van der Waals surface area contributed by atoms with Gasteiger partial charge in [0.2, 0.25) is 0 Å². The number of nitrogens with zero attached hydrogens (tertiary/aromatic N) is 3. The molecule has 120 valence electrons. The predicted molar refractivity (Wildman–Crippen MR) is 76.7 cm³/mol. The van der Waals surface area contributed by atoms with Gasteiger partial charge in [0.25, 0.3) is 5.56 Å². The van der Waals surface area contributed by atoms with Crippen molar-refractivity contribution in [2.24, 2.45) is 7.05 Å². The molecule has 0 spiro atoms. The predicted octanol–water partition coefficient (Wildman–Crippen LogP) is 2.39. The largest absolute Gasteiger partial charge is 0.433 e. The SMILES string of the molecule is Cc1cc(-n2c(=O)c(Cl)c(C(F)(F)F)n(C)c2=O)ccc1C#N. The summed E-state index contributed by atoms with van der Waals surface area (Å²) < 4.78 is 39.6. The highest BCUT2D eigenvalue weighted by Crippen LogP contribution is 2.31. The maximum atomic E-state index is 12.9. The van der Waals surface area contributed by atoms with Gasteiger partial charge in [0.1, 0.15) is 5.02 Å². The van der Waals surface area contributed by atoms with Gasteiger partial charge in [-0.05, 0) is 30.7 Å². The van der Waals surface area contributed by atoms with Crippen LogP contribution in [0.4, 0.5) is 13.2 Å². The van der Waals surface area contributed by atoms with Crippen LogP contribution in [0.25, 0.3) is 5.69 Å². The van der Waals surface area contributed by atoms with Gasteiger partial charge in [-0.1, -0.05) is 11.6 Å². The quantitative estimate of drug-likeness (QED) is 0.798. The van der Waals surface area contributed by atoms with E-state index in [1.54, 1.807) is 6.92 Å². The van der Waals surface area contributed by atoms with E-state index in [1.807, 2.05) is 6.07 Å². The number of halogens is 4. The Labute approximate surface area is 132 Å². The Kier molecular flexibility index (Phi) is 4.09. The second kappa shape index (κ2) is 5.59. The van der Waals surface area contributed by atoms with Crippen LogP contribution >= 0.6 is 11.6 Å². The van der Waals surface area contributed by atoms with Crippen LogP contribution in [0.1, 0.15) is 16.8 Å². The Balaban J connectivity index is 2.87. The molecule has 9 heteroatoms. The van der Waals surface area contributed by atoms with Crippen LogP contribution in [0.3, 0.4) is 0 Å². The van der Waals surface area contributed by atoms with Gasteiger partial charge in [-0.15, -0.1) is 0 Å². The van der Waals surface area contributed by atoms with E-state index in [2.05, 4.69) is 0 Å². The van der Waals surface area contributed by atoms with Crippen molar-refractivity contribution < 1.29 is 13.2 Å². The zero-order valence-corrected chi connectivity index (χ0v) is 12.7. The van der Waals surface area contributed by atoms with Gasteiger partial charge in [0, 0.05) is 7.05 Å². The van der Waals surface area contributed by atoms with Crippen molar-refractivity contribution in [2.45, 2.75) is 13.1 Å². The summed E-state index contributed by atoms with van der Waals surface area (Å²) in [6, 6.07) is 5.91. The lowest BCUT2D eigenvalue weighted by atomic mass is 10.1. The molecule has 23 heavy (non-hydrogen) atoms. The average Bonchev–Trinajstić information content (AvgIpc) is 2.44. The van der Waals surface area contributed by atoms with Gasteiger partial charge in [-0.25, -0.2) is 9.36 Å². The summed E-state index contributed by atoms with van der Waals surface area (Å²) >= 11 is 5.54. The monoisotopic (exact) mass is 343 g/mol. The third-order valence-electron chi connectivity index (χ3n) is 3.27. The molecule has 0 radical (unpaired) electrons. The van der Waals surface area contributed by atoms with Crippen LogP contribution in [-0.2, 0) is 13.2 Å². The van der Waals surface area contributed by atoms with Crippen molar-refractivity contribution in [3.8, 4) is 11.8 Å². The Morgan fingerprint density at radius 1 is 1.26 bits per heavy atom. The van der Waals surface area contributed by atoms with E-state index in [1.165, 1.54) is 18.2 Å². The van der Waals surface area contributed by atoms with E-state index >= 15 is 0 Å². The van der Waals surface area contributed by atoms with Crippen LogP contribution in [0, 0.1) is 18.3 Å². The second-order valence-corrected chi connectivity index (χ2v) is 5.13. The van der Waals surface area contributed by atoms with Crippen molar-refractivity contribution in [1.29, 1.82) is 5.26 Å². The summed E-state index contributed by atoms with van der Waals surface area (Å²) in [5, 5.41) is 7.78. The molecule has 1 aromatic carbocycles. The first kappa shape index (κ1) is 16.8. The molecule has 0 saturated heterocycles. The van der Waals surface area contributed by atoms with Crippen molar-refractivity contribution in [3.63, 3.8) is 0 Å². The number of hydrogen-bond donors (Lipinski definition) is 0. The number of aromatic nitrogens is 2. The molecule has 1 aromatic heterocycles. The summed E-state index contributed by atoms with van der Waals surface area (Å²) in [5.41, 5.74) is -3.15. The van der Waals surface area contributed by atoms with Crippen molar-refractivity contribution >= 4 is 11.6 Å². The van der Waals surface area contributed by atoms with E-state index in [0.717, 1.165) is 7.05 Å². The fraction of sp³-hybridized carbons (Fsp3) is 0.214. The zero-order valence-electron chi connectivity index (χ0n) is 11.9. The molecule has 0 bridgehead atoms. The molecule has 0 aliphatic carbocycles. The standard InChI is InChI=1S/C14H9ClF3N3O2/c1-7-5-9(4-3-8(7)6-19)21-12(22)10(15)11(14(16,17)18)20(2)13(21)23/h3-5H,1-2H3. The topological polar surface area (TPSA) is 67.8 Å². The summed E-state index contributed by atoms with van der Waals surface area (Å²) in [6.07, 6.45) is -4.94. The van der Waals surface area contributed by atoms with Gasteiger partial charge < -0.3 is 0 Å². The Hall–Kier alpha value is -2.53. The van der Waals surface area contributed by atoms with E-state index in [9.17, 15) is 22.8 Å². The number of alkyl halides is 3. The first-order valence-electron chi connectivity index (χ1n) is 6.19. The molecule has 0 saturated carbocycles. The third-order valence-corrected chi connectivity index (χ3v) is 3.61. The lowest BCUT2D eigenvalue weighted by molar-refractivity contribution is -0.143. The van der Waals surface area contributed by atoms with Crippen LogP contribution in [0.5, 0.6) is 0 Å². The van der Waals surface area contributed by atoms with Gasteiger partial charge >= 0.3 is 11.9 Å². The minimum atomic E-state index is -4.94. The van der Waals surface area contributed by atoms with Crippen molar-refractivity contribution in [2.75, 3.05) is 0 Å². The van der Waals surface area contributed by atoms with Crippen LogP contribution in [0.15, 0.2) is 27.8 Å². The number of benzene rings is 1. The molecule has 0 N–H and O–H groups in total. The highest BCUT2D eigenvalue weighted by atomic mass is 35.5. The Bertz CT molecular complexity index is 915. The summed E-state index contributed by atoms with van der Waals surface area (Å²) in [5.74, 6) is 0. The third kappa shape index (κ3) is 2.75. The molecular weight excluding hydrogens is 335 g/mol. The molecule has 0 amide bonds. The lowest BCUT2D eigenvalue weighted by Gasteiger charge is -2.16. The van der Waals surface area contributed by atoms with E-state index < -0.39 is 28.1 Å². The van der Waals surface area contributed by atoms with Gasteiger partial charge in [-0.2, -0.15) is 18.4 Å². The molecule has 2 aromatic rings. The average molecular weight is 344 g/mol. The highest BCUT2D eigenvalue weighted by Gasteiger charge is 2.38. The summed E-state index contributed by atoms with van der Waals surface area (Å²) in [7, 11) is 0.878. The van der Waals surface area contributed by atoms with Crippen LogP contribution in [0.2, 0.25) is 5.02 Å². The molecule has 0 unspecified atom stereocenters. The molecule has 0 aliphatic rings. The molecule has 2 rings (SSSR count). The smallest absolute Gasteiger partial charge is 0.291 e. The van der Waals surface area contributed by atoms with Crippen molar-refractivity contribution in [3.05, 3.63) is 60.9 Å². The maximum Gasteiger partial charge on any atom is 0.433 e. The van der Waals surface area contributed by atoms with Crippen LogP contribution < -0.4 is 11.2 Å². The number of hydrogen-bond acceptors (Lipinski definition) is 3. The van der Waals surface area contributed by atoms with Gasteiger partial charge in [0.15, 0.2) is 5.69 Å². The normalized spacial score (nSPS) is 11.3. The first-order chi connectivity index (χ1) is 10.6. The molecular formula is C14H9ClF3N3O2. The van der Waals surface area contributed by atoms with E-state index in [4.69, 9.17) is 16.9 Å². The summed E-state index contributed by atoms with van der Waals surface area (Å²) in [4.78, 5) is 24.3. The van der Waals surface area contributed by atoms with E-state index in [-0.39, 0.29) is 10.3 Å². The van der Waals surface area contributed by atoms with Gasteiger partial charge in [0.05, 0.1) is 17.3 Å². The lowest BCUT2D eigenvalue weighted by Crippen LogP contribution is -2.41. The number of rotatable bonds is 1. The highest BCUT2D eigenvalue weighted by molar-refractivity contribution is 6.31. The maximum absolute atomic E-state index is 12.9. The Morgan fingerprint density at radius 2 is 1.87 bits per heavy atom. The minimum Gasteiger partial charge on any atom is -0.291 e. The first-order valence-corrected chi connectivity index (χ1v) is 6.57. The fourth-order valence-corrected chi connectivity index (χ4v) is 2.45. The fourth-order valence-electron chi connectivity index (χ4n) is 2.13. The zero-order chi connectivity index (χ0) is 17.5.